The number of hydrogen-bond acceptors (Lipinski definition) is 3. The lowest BCUT2D eigenvalue weighted by Crippen LogP contribution is -2.45. The second-order valence-corrected chi connectivity index (χ2v) is 7.40. The van der Waals surface area contributed by atoms with E-state index in [9.17, 15) is 22.8 Å². The molecule has 2 amide bonds. The number of anilines is 1. The van der Waals surface area contributed by atoms with Gasteiger partial charge in [0.25, 0.3) is 5.91 Å². The van der Waals surface area contributed by atoms with Crippen molar-refractivity contribution >= 4 is 29.9 Å². The molecule has 1 aromatic carbocycles. The van der Waals surface area contributed by atoms with Crippen LogP contribution in [0, 0.1) is 5.92 Å². The van der Waals surface area contributed by atoms with E-state index in [-0.39, 0.29) is 23.7 Å². The zero-order valence-corrected chi connectivity index (χ0v) is 16.5. The average molecular weight is 420 g/mol. The van der Waals surface area contributed by atoms with Gasteiger partial charge in [0.15, 0.2) is 0 Å². The maximum atomic E-state index is 13.2. The molecule has 1 saturated carbocycles. The van der Waals surface area contributed by atoms with E-state index in [4.69, 9.17) is 0 Å². The lowest BCUT2D eigenvalue weighted by atomic mass is 10.0. The van der Waals surface area contributed by atoms with Crippen LogP contribution in [0.2, 0.25) is 0 Å². The summed E-state index contributed by atoms with van der Waals surface area (Å²) in [4.78, 5) is 25.5. The summed E-state index contributed by atoms with van der Waals surface area (Å²) >= 11 is 0. The van der Waals surface area contributed by atoms with E-state index >= 15 is 0 Å². The van der Waals surface area contributed by atoms with Gasteiger partial charge in [-0.3, -0.25) is 9.59 Å². The number of amides is 2. The quantitative estimate of drug-likeness (QED) is 0.765. The molecule has 0 aromatic heterocycles. The first-order chi connectivity index (χ1) is 12.7. The maximum absolute atomic E-state index is 13.2. The van der Waals surface area contributed by atoms with Gasteiger partial charge in [-0.25, -0.2) is 0 Å². The summed E-state index contributed by atoms with van der Waals surface area (Å²) < 4.78 is 39.5. The van der Waals surface area contributed by atoms with Crippen LogP contribution in [-0.2, 0) is 11.0 Å². The Morgan fingerprint density at radius 3 is 2.29 bits per heavy atom. The molecule has 1 aliphatic carbocycles. The first-order valence-corrected chi connectivity index (χ1v) is 9.25. The summed E-state index contributed by atoms with van der Waals surface area (Å²) in [7, 11) is 0. The predicted octanol–water partition coefficient (Wildman–Crippen LogP) is 3.69. The van der Waals surface area contributed by atoms with E-state index in [0.29, 0.717) is 19.1 Å². The Balaban J connectivity index is 0.00000280. The molecule has 2 aliphatic rings. The summed E-state index contributed by atoms with van der Waals surface area (Å²) in [5, 5.41) is 5.84. The van der Waals surface area contributed by atoms with Crippen molar-refractivity contribution in [3.8, 4) is 0 Å². The highest BCUT2D eigenvalue weighted by atomic mass is 35.5. The number of hydrogen-bond donors (Lipinski definition) is 2. The Bertz CT molecular complexity index is 715. The predicted molar refractivity (Wildman–Crippen MR) is 103 cm³/mol. The fourth-order valence-corrected chi connectivity index (χ4v) is 3.31. The van der Waals surface area contributed by atoms with E-state index in [1.54, 1.807) is 4.90 Å². The molecule has 28 heavy (non-hydrogen) atoms. The van der Waals surface area contributed by atoms with Crippen molar-refractivity contribution in [3.05, 3.63) is 29.3 Å². The minimum absolute atomic E-state index is 0. The van der Waals surface area contributed by atoms with Crippen molar-refractivity contribution in [2.24, 2.45) is 5.92 Å². The van der Waals surface area contributed by atoms with Gasteiger partial charge < -0.3 is 15.5 Å². The third-order valence-electron chi connectivity index (χ3n) is 5.00. The van der Waals surface area contributed by atoms with Gasteiger partial charge >= 0.3 is 6.18 Å². The fourth-order valence-electron chi connectivity index (χ4n) is 3.31. The van der Waals surface area contributed by atoms with Crippen LogP contribution >= 0.6 is 12.4 Å². The maximum Gasteiger partial charge on any atom is 0.416 e. The number of nitrogens with zero attached hydrogens (tertiary/aromatic N) is 1. The van der Waals surface area contributed by atoms with E-state index in [2.05, 4.69) is 10.6 Å². The molecule has 0 spiro atoms. The van der Waals surface area contributed by atoms with Crippen LogP contribution in [0.5, 0.6) is 0 Å². The first-order valence-electron chi connectivity index (χ1n) is 9.25. The number of likely N-dealkylation sites (tertiary alicyclic amines) is 1. The third kappa shape index (κ3) is 6.10. The molecule has 5 nitrogen and oxygen atoms in total. The minimum atomic E-state index is -4.59. The summed E-state index contributed by atoms with van der Waals surface area (Å²) in [6.07, 6.45) is -0.470. The molecule has 0 atom stereocenters. The summed E-state index contributed by atoms with van der Waals surface area (Å²) in [6, 6.07) is 3.35. The van der Waals surface area contributed by atoms with E-state index in [1.807, 2.05) is 0 Å². The fraction of sp³-hybridized carbons (Fsp3) is 0.579. The van der Waals surface area contributed by atoms with Gasteiger partial charge in [0.05, 0.1) is 5.56 Å². The Morgan fingerprint density at radius 1 is 1.11 bits per heavy atom. The van der Waals surface area contributed by atoms with Gasteiger partial charge in [0, 0.05) is 37.3 Å². The van der Waals surface area contributed by atoms with Crippen molar-refractivity contribution in [1.82, 2.24) is 10.2 Å². The van der Waals surface area contributed by atoms with Crippen LogP contribution in [0.4, 0.5) is 18.9 Å². The van der Waals surface area contributed by atoms with Gasteiger partial charge in [-0.1, -0.05) is 0 Å². The Hall–Kier alpha value is -1.80. The van der Waals surface area contributed by atoms with Crippen molar-refractivity contribution < 1.29 is 22.8 Å². The monoisotopic (exact) mass is 419 g/mol. The molecule has 3 rings (SSSR count). The number of piperidine rings is 1. The number of carbonyl (C=O) groups excluding carboxylic acids is 2. The molecule has 1 aromatic rings. The Kier molecular flexibility index (Phi) is 7.33. The number of rotatable bonds is 5. The van der Waals surface area contributed by atoms with E-state index < -0.39 is 23.6 Å². The molecule has 0 radical (unpaired) electrons. The number of carbonyl (C=O) groups is 2. The molecule has 9 heteroatoms. The molecular weight excluding hydrogens is 395 g/mol. The van der Waals surface area contributed by atoms with Crippen molar-refractivity contribution in [2.75, 3.05) is 25.0 Å². The lowest BCUT2D eigenvalue weighted by Gasteiger charge is -2.33. The Labute approximate surface area is 168 Å². The van der Waals surface area contributed by atoms with Crippen LogP contribution in [0.1, 0.15) is 48.5 Å². The molecule has 2 fully saturated rings. The van der Waals surface area contributed by atoms with Crippen molar-refractivity contribution in [3.63, 3.8) is 0 Å². The van der Waals surface area contributed by atoms with Crippen LogP contribution in [-0.4, -0.2) is 42.4 Å². The largest absolute Gasteiger partial charge is 0.416 e. The lowest BCUT2D eigenvalue weighted by molar-refractivity contribution is -0.137. The smallest absolute Gasteiger partial charge is 0.339 e. The Morgan fingerprint density at radius 2 is 1.75 bits per heavy atom. The van der Waals surface area contributed by atoms with Gasteiger partial charge in [0.1, 0.15) is 0 Å². The number of halogens is 4. The van der Waals surface area contributed by atoms with Gasteiger partial charge in [-0.05, 0) is 56.3 Å². The second-order valence-electron chi connectivity index (χ2n) is 7.40. The second kappa shape index (κ2) is 9.13. The molecule has 2 N–H and O–H groups in total. The summed E-state index contributed by atoms with van der Waals surface area (Å²) in [5.74, 6) is -0.148. The minimum Gasteiger partial charge on any atom is -0.339 e. The molecule has 0 bridgehead atoms. The number of nitrogens with one attached hydrogen (secondary N) is 2. The zero-order valence-electron chi connectivity index (χ0n) is 15.6. The highest BCUT2D eigenvalue weighted by molar-refractivity contribution is 5.97. The van der Waals surface area contributed by atoms with Crippen molar-refractivity contribution in [2.45, 2.75) is 44.8 Å². The van der Waals surface area contributed by atoms with E-state index in [0.717, 1.165) is 37.4 Å². The normalized spacial score (nSPS) is 17.8. The molecular formula is C19H25ClF3N3O2. The molecule has 156 valence electrons. The summed E-state index contributed by atoms with van der Waals surface area (Å²) in [5.41, 5.74) is -1.03. The highest BCUT2D eigenvalue weighted by Crippen LogP contribution is 2.32. The third-order valence-corrected chi connectivity index (χ3v) is 5.00. The van der Waals surface area contributed by atoms with Crippen molar-refractivity contribution in [1.29, 1.82) is 0 Å². The SMILES string of the molecule is CC(=O)Nc1cc(C(=O)N2CCC(NCC3CC3)CC2)cc(C(F)(F)F)c1.Cl. The number of alkyl halides is 3. The van der Waals surface area contributed by atoms with Crippen LogP contribution < -0.4 is 10.6 Å². The molecule has 1 aliphatic heterocycles. The van der Waals surface area contributed by atoms with E-state index in [1.165, 1.54) is 25.8 Å². The van der Waals surface area contributed by atoms with Crippen LogP contribution in [0.3, 0.4) is 0 Å². The molecule has 1 heterocycles. The summed E-state index contributed by atoms with van der Waals surface area (Å²) in [6.45, 7) is 3.23. The molecule has 0 unspecified atom stereocenters. The van der Waals surface area contributed by atoms with Gasteiger partial charge in [0.2, 0.25) is 5.91 Å². The van der Waals surface area contributed by atoms with Crippen LogP contribution in [0.25, 0.3) is 0 Å². The highest BCUT2D eigenvalue weighted by Gasteiger charge is 2.33. The average Bonchev–Trinajstić information content (AvgIpc) is 3.42. The topological polar surface area (TPSA) is 61.4 Å². The standard InChI is InChI=1S/C19H24F3N3O2.ClH/c1-12(26)24-17-9-14(8-15(10-17)19(20,21)22)18(27)25-6-4-16(5-7-25)23-11-13-2-3-13;/h8-10,13,16,23H,2-7,11H2,1H3,(H,24,26);1H. The van der Waals surface area contributed by atoms with Crippen LogP contribution in [0.15, 0.2) is 18.2 Å². The zero-order chi connectivity index (χ0) is 19.6. The number of benzene rings is 1. The first kappa shape index (κ1) is 22.5. The van der Waals surface area contributed by atoms with Gasteiger partial charge in [-0.2, -0.15) is 13.2 Å². The van der Waals surface area contributed by atoms with Gasteiger partial charge in [-0.15, -0.1) is 12.4 Å². The molecule has 1 saturated heterocycles.